The number of aromatic nitrogens is 3. The molecular weight excluding hydrogens is 466 g/mol. The van der Waals surface area contributed by atoms with Gasteiger partial charge < -0.3 is 15.6 Å². The van der Waals surface area contributed by atoms with E-state index in [1.807, 2.05) is 42.5 Å². The largest absolute Gasteiger partial charge is 0.347 e. The van der Waals surface area contributed by atoms with E-state index in [2.05, 4.69) is 25.6 Å². The number of benzene rings is 3. The van der Waals surface area contributed by atoms with Gasteiger partial charge in [-0.3, -0.25) is 9.59 Å². The summed E-state index contributed by atoms with van der Waals surface area (Å²) in [6.45, 7) is 0.366. The van der Waals surface area contributed by atoms with Crippen molar-refractivity contribution in [1.82, 2.24) is 20.3 Å². The maximum Gasteiger partial charge on any atom is 0.256 e. The lowest BCUT2D eigenvalue weighted by Crippen LogP contribution is -2.22. The van der Waals surface area contributed by atoms with Crippen molar-refractivity contribution in [1.29, 1.82) is 0 Å². The number of nitrogens with one attached hydrogen (secondary N) is 3. The van der Waals surface area contributed by atoms with Crippen molar-refractivity contribution in [3.8, 4) is 10.6 Å². The predicted octanol–water partition coefficient (Wildman–Crippen LogP) is 5.33. The van der Waals surface area contributed by atoms with E-state index < -0.39 is 0 Å². The van der Waals surface area contributed by atoms with Crippen LogP contribution in [0, 0.1) is 0 Å². The average Bonchev–Trinajstić information content (AvgIpc) is 3.50. The molecular formula is C25H17N5O2S2. The molecule has 0 bridgehead atoms. The normalized spacial score (nSPS) is 12.5. The minimum Gasteiger partial charge on any atom is -0.347 e. The van der Waals surface area contributed by atoms with Crippen LogP contribution in [0.2, 0.25) is 0 Å². The number of rotatable bonds is 4. The molecule has 7 nitrogen and oxygen atoms in total. The summed E-state index contributed by atoms with van der Waals surface area (Å²) in [7, 11) is 0. The van der Waals surface area contributed by atoms with Crippen molar-refractivity contribution in [2.45, 2.75) is 16.3 Å². The SMILES string of the molecule is O=C(NCc1cnc(-c2ccc3[nH]cnc3c2)s1)c1ccc2c(c1)NC(=O)c1ccccc1S2. The maximum atomic E-state index is 12.8. The van der Waals surface area contributed by atoms with E-state index in [-0.39, 0.29) is 11.8 Å². The minimum absolute atomic E-state index is 0.176. The molecule has 9 heteroatoms. The van der Waals surface area contributed by atoms with E-state index >= 15 is 0 Å². The summed E-state index contributed by atoms with van der Waals surface area (Å²) in [6, 6.07) is 18.8. The fourth-order valence-electron chi connectivity index (χ4n) is 3.77. The number of thiazole rings is 1. The Balaban J connectivity index is 1.16. The minimum atomic E-state index is -0.211. The zero-order valence-corrected chi connectivity index (χ0v) is 19.3. The number of fused-ring (bicyclic) bond motifs is 3. The lowest BCUT2D eigenvalue weighted by molar-refractivity contribution is 0.0949. The molecule has 1 aliphatic rings. The summed E-state index contributed by atoms with van der Waals surface area (Å²) >= 11 is 3.04. The van der Waals surface area contributed by atoms with Crippen LogP contribution in [0.1, 0.15) is 25.6 Å². The van der Waals surface area contributed by atoms with Crippen molar-refractivity contribution in [2.24, 2.45) is 0 Å². The molecule has 1 aliphatic heterocycles. The van der Waals surface area contributed by atoms with Gasteiger partial charge in [-0.1, -0.05) is 23.9 Å². The molecule has 6 rings (SSSR count). The first-order valence-corrected chi connectivity index (χ1v) is 12.2. The second-order valence-electron chi connectivity index (χ2n) is 7.71. The Labute approximate surface area is 202 Å². The summed E-state index contributed by atoms with van der Waals surface area (Å²) in [4.78, 5) is 40.0. The lowest BCUT2D eigenvalue weighted by Gasteiger charge is -2.09. The number of anilines is 1. The van der Waals surface area contributed by atoms with E-state index in [0.717, 1.165) is 36.3 Å². The second-order valence-corrected chi connectivity index (χ2v) is 9.91. The van der Waals surface area contributed by atoms with Crippen LogP contribution in [0.15, 0.2) is 83.0 Å². The Morgan fingerprint density at radius 2 is 1.91 bits per heavy atom. The van der Waals surface area contributed by atoms with Gasteiger partial charge >= 0.3 is 0 Å². The first-order valence-electron chi connectivity index (χ1n) is 10.5. The Bertz CT molecular complexity index is 1570. The fourth-order valence-corrected chi connectivity index (χ4v) is 5.62. The van der Waals surface area contributed by atoms with E-state index in [9.17, 15) is 9.59 Å². The van der Waals surface area contributed by atoms with Gasteiger partial charge in [0.1, 0.15) is 5.01 Å². The second kappa shape index (κ2) is 8.44. The number of hydrogen-bond donors (Lipinski definition) is 3. The molecule has 0 aliphatic carbocycles. The van der Waals surface area contributed by atoms with Gasteiger partial charge in [0, 0.05) is 32.0 Å². The van der Waals surface area contributed by atoms with Crippen LogP contribution in [0.3, 0.4) is 0 Å². The number of imidazole rings is 1. The van der Waals surface area contributed by atoms with Crippen LogP contribution in [0.25, 0.3) is 21.6 Å². The molecule has 0 saturated heterocycles. The van der Waals surface area contributed by atoms with Crippen LogP contribution in [0.5, 0.6) is 0 Å². The van der Waals surface area contributed by atoms with Crippen LogP contribution in [-0.2, 0) is 6.54 Å². The van der Waals surface area contributed by atoms with Crippen LogP contribution < -0.4 is 10.6 Å². The van der Waals surface area contributed by atoms with Crippen LogP contribution in [0.4, 0.5) is 5.69 Å². The zero-order valence-electron chi connectivity index (χ0n) is 17.7. The Kier molecular flexibility index (Phi) is 5.12. The fraction of sp³-hybridized carbons (Fsp3) is 0.0400. The average molecular weight is 484 g/mol. The molecule has 0 saturated carbocycles. The predicted molar refractivity (Wildman–Crippen MR) is 133 cm³/mol. The first-order chi connectivity index (χ1) is 16.6. The van der Waals surface area contributed by atoms with Crippen molar-refractivity contribution >= 4 is 51.6 Å². The third-order valence-corrected chi connectivity index (χ3v) is 7.68. The van der Waals surface area contributed by atoms with Gasteiger partial charge in [0.15, 0.2) is 0 Å². The van der Waals surface area contributed by atoms with Crippen molar-refractivity contribution in [3.05, 3.63) is 89.2 Å². The molecule has 0 unspecified atom stereocenters. The van der Waals surface area contributed by atoms with Gasteiger partial charge in [0.2, 0.25) is 0 Å². The molecule has 3 heterocycles. The quantitative estimate of drug-likeness (QED) is 0.321. The summed E-state index contributed by atoms with van der Waals surface area (Å²) < 4.78 is 0. The molecule has 3 aromatic carbocycles. The molecule has 34 heavy (non-hydrogen) atoms. The monoisotopic (exact) mass is 483 g/mol. The third-order valence-electron chi connectivity index (χ3n) is 5.49. The third kappa shape index (κ3) is 3.85. The topological polar surface area (TPSA) is 99.8 Å². The highest BCUT2D eigenvalue weighted by Gasteiger charge is 2.20. The van der Waals surface area contributed by atoms with Crippen LogP contribution in [-0.4, -0.2) is 26.8 Å². The zero-order chi connectivity index (χ0) is 23.1. The number of amides is 2. The van der Waals surface area contributed by atoms with Gasteiger partial charge in [0.05, 0.1) is 35.2 Å². The summed E-state index contributed by atoms with van der Waals surface area (Å²) in [5, 5.41) is 6.75. The number of H-pyrrole nitrogens is 1. The molecule has 3 N–H and O–H groups in total. The molecule has 0 radical (unpaired) electrons. The van der Waals surface area contributed by atoms with Crippen molar-refractivity contribution in [3.63, 3.8) is 0 Å². The van der Waals surface area contributed by atoms with E-state index in [1.165, 1.54) is 23.1 Å². The number of nitrogens with zero attached hydrogens (tertiary/aromatic N) is 2. The Morgan fingerprint density at radius 3 is 2.85 bits per heavy atom. The van der Waals surface area contributed by atoms with Gasteiger partial charge in [-0.25, -0.2) is 9.97 Å². The summed E-state index contributed by atoms with van der Waals surface area (Å²) in [6.07, 6.45) is 3.45. The van der Waals surface area contributed by atoms with E-state index in [1.54, 1.807) is 30.7 Å². The highest BCUT2D eigenvalue weighted by molar-refractivity contribution is 7.99. The number of carbonyl (C=O) groups excluding carboxylic acids is 2. The van der Waals surface area contributed by atoms with Crippen molar-refractivity contribution < 1.29 is 9.59 Å². The summed E-state index contributed by atoms with van der Waals surface area (Å²) in [5.74, 6) is -0.388. The molecule has 0 fully saturated rings. The highest BCUT2D eigenvalue weighted by Crippen LogP contribution is 2.39. The molecule has 2 amide bonds. The van der Waals surface area contributed by atoms with Gasteiger partial charge in [-0.2, -0.15) is 0 Å². The molecule has 5 aromatic rings. The van der Waals surface area contributed by atoms with E-state index in [0.29, 0.717) is 23.4 Å². The molecule has 166 valence electrons. The standard InChI is InChI=1S/C25H17N5O2S2/c31-23(14-6-8-22-20(9-14)30-24(32)17-3-1-2-4-21(17)34-22)26-11-16-12-27-25(33-16)15-5-7-18-19(10-15)29-13-28-18/h1-10,12-13H,11H2,(H,26,31)(H,28,29)(H,30,32). The van der Waals surface area contributed by atoms with Gasteiger partial charge in [-0.15, -0.1) is 11.3 Å². The number of carbonyl (C=O) groups is 2. The van der Waals surface area contributed by atoms with Crippen LogP contribution >= 0.6 is 23.1 Å². The summed E-state index contributed by atoms with van der Waals surface area (Å²) in [5.41, 5.74) is 4.60. The molecule has 0 atom stereocenters. The number of aromatic amines is 1. The molecule has 0 spiro atoms. The van der Waals surface area contributed by atoms with E-state index in [4.69, 9.17) is 0 Å². The van der Waals surface area contributed by atoms with Gasteiger partial charge in [-0.05, 0) is 48.5 Å². The highest BCUT2D eigenvalue weighted by atomic mass is 32.2. The number of hydrogen-bond acceptors (Lipinski definition) is 6. The first kappa shape index (κ1) is 20.6. The lowest BCUT2D eigenvalue weighted by atomic mass is 10.1. The smallest absolute Gasteiger partial charge is 0.256 e. The molecule has 2 aromatic heterocycles. The van der Waals surface area contributed by atoms with Gasteiger partial charge in [0.25, 0.3) is 11.8 Å². The maximum absolute atomic E-state index is 12.8. The van der Waals surface area contributed by atoms with Crippen molar-refractivity contribution in [2.75, 3.05) is 5.32 Å². The Hall–Kier alpha value is -3.95. The Morgan fingerprint density at radius 1 is 1.00 bits per heavy atom.